The van der Waals surface area contributed by atoms with Gasteiger partial charge in [0.1, 0.15) is 11.3 Å². The molecular weight excluding hydrogens is 368 g/mol. The molecule has 0 atom stereocenters. The molecule has 2 aromatic carbocycles. The number of imide groups is 2. The van der Waals surface area contributed by atoms with Gasteiger partial charge in [0.15, 0.2) is 0 Å². The van der Waals surface area contributed by atoms with Crippen LogP contribution in [0.2, 0.25) is 5.02 Å². The van der Waals surface area contributed by atoms with Crippen molar-refractivity contribution in [3.8, 4) is 5.75 Å². The molecule has 7 heteroatoms. The second kappa shape index (κ2) is 7.63. The Hall–Kier alpha value is -3.12. The number of anilines is 1. The molecule has 0 saturated carbocycles. The molecule has 1 heterocycles. The molecule has 0 bridgehead atoms. The van der Waals surface area contributed by atoms with Crippen molar-refractivity contribution in [1.82, 2.24) is 5.32 Å². The Bertz CT molecular complexity index is 918. The number of ether oxygens (including phenoxy) is 1. The molecule has 4 amide bonds. The minimum atomic E-state index is -0.801. The fourth-order valence-electron chi connectivity index (χ4n) is 2.56. The molecule has 1 saturated heterocycles. The van der Waals surface area contributed by atoms with Crippen LogP contribution in [0.25, 0.3) is 6.08 Å². The van der Waals surface area contributed by atoms with E-state index in [4.69, 9.17) is 16.3 Å². The van der Waals surface area contributed by atoms with Crippen molar-refractivity contribution in [3.63, 3.8) is 0 Å². The molecule has 1 fully saturated rings. The zero-order valence-electron chi connectivity index (χ0n) is 14.7. The fraction of sp³-hybridized carbons (Fsp3) is 0.150. The number of hydrogen-bond acceptors (Lipinski definition) is 4. The largest absolute Gasteiger partial charge is 0.491 e. The van der Waals surface area contributed by atoms with Crippen LogP contribution in [-0.2, 0) is 9.59 Å². The summed E-state index contributed by atoms with van der Waals surface area (Å²) >= 11 is 5.85. The first-order valence-corrected chi connectivity index (χ1v) is 8.66. The first-order valence-electron chi connectivity index (χ1n) is 8.29. The Kier molecular flexibility index (Phi) is 5.28. The van der Waals surface area contributed by atoms with Crippen LogP contribution in [-0.4, -0.2) is 23.9 Å². The van der Waals surface area contributed by atoms with Gasteiger partial charge in [-0.15, -0.1) is 0 Å². The summed E-state index contributed by atoms with van der Waals surface area (Å²) in [5.74, 6) is -0.754. The number of carbonyl (C=O) groups is 3. The highest BCUT2D eigenvalue weighted by molar-refractivity contribution is 6.39. The maximum atomic E-state index is 12.8. The van der Waals surface area contributed by atoms with Gasteiger partial charge in [-0.05, 0) is 61.9 Å². The number of rotatable bonds is 4. The number of hydrogen-bond donors (Lipinski definition) is 1. The molecule has 0 radical (unpaired) electrons. The summed E-state index contributed by atoms with van der Waals surface area (Å²) in [6.07, 6.45) is 1.48. The summed E-state index contributed by atoms with van der Waals surface area (Å²) in [4.78, 5) is 38.0. The van der Waals surface area contributed by atoms with E-state index in [2.05, 4.69) is 5.32 Å². The van der Waals surface area contributed by atoms with E-state index >= 15 is 0 Å². The van der Waals surface area contributed by atoms with Gasteiger partial charge < -0.3 is 4.74 Å². The molecule has 0 aliphatic carbocycles. The van der Waals surface area contributed by atoms with E-state index in [1.807, 2.05) is 13.8 Å². The van der Waals surface area contributed by atoms with Gasteiger partial charge in [0.25, 0.3) is 11.8 Å². The summed E-state index contributed by atoms with van der Waals surface area (Å²) in [7, 11) is 0. The summed E-state index contributed by atoms with van der Waals surface area (Å²) in [5.41, 5.74) is 0.818. The highest BCUT2D eigenvalue weighted by Crippen LogP contribution is 2.24. The fourth-order valence-corrected chi connectivity index (χ4v) is 2.69. The maximum absolute atomic E-state index is 12.8. The van der Waals surface area contributed by atoms with Crippen LogP contribution in [0.4, 0.5) is 10.5 Å². The number of nitrogens with zero attached hydrogens (tertiary/aromatic N) is 1. The minimum Gasteiger partial charge on any atom is -0.491 e. The zero-order chi connectivity index (χ0) is 19.6. The normalized spacial score (nSPS) is 16.1. The van der Waals surface area contributed by atoms with Crippen LogP contribution >= 0.6 is 11.6 Å². The van der Waals surface area contributed by atoms with Gasteiger partial charge in [-0.25, -0.2) is 9.69 Å². The van der Waals surface area contributed by atoms with E-state index in [1.165, 1.54) is 18.2 Å². The molecule has 3 rings (SSSR count). The third-order valence-corrected chi connectivity index (χ3v) is 4.00. The van der Waals surface area contributed by atoms with Gasteiger partial charge in [-0.2, -0.15) is 0 Å². The number of barbiturate groups is 1. The molecule has 27 heavy (non-hydrogen) atoms. The number of benzene rings is 2. The van der Waals surface area contributed by atoms with Crippen LogP contribution in [0, 0.1) is 0 Å². The molecular formula is C20H17ClN2O4. The predicted octanol–water partition coefficient (Wildman–Crippen LogP) is 3.79. The Labute approximate surface area is 161 Å². The average molecular weight is 385 g/mol. The van der Waals surface area contributed by atoms with Crippen molar-refractivity contribution >= 4 is 41.2 Å². The van der Waals surface area contributed by atoms with Crippen molar-refractivity contribution in [2.24, 2.45) is 0 Å². The number of amides is 4. The number of carbonyl (C=O) groups excluding carboxylic acids is 3. The first-order chi connectivity index (χ1) is 12.8. The van der Waals surface area contributed by atoms with Crippen LogP contribution in [0.3, 0.4) is 0 Å². The van der Waals surface area contributed by atoms with Crippen molar-refractivity contribution < 1.29 is 19.1 Å². The van der Waals surface area contributed by atoms with Crippen LogP contribution in [0.1, 0.15) is 19.4 Å². The van der Waals surface area contributed by atoms with Gasteiger partial charge in [-0.1, -0.05) is 23.7 Å². The molecule has 1 N–H and O–H groups in total. The van der Waals surface area contributed by atoms with E-state index in [-0.39, 0.29) is 11.7 Å². The van der Waals surface area contributed by atoms with Crippen LogP contribution in [0.5, 0.6) is 5.75 Å². The molecule has 0 spiro atoms. The third-order valence-electron chi connectivity index (χ3n) is 3.75. The minimum absolute atomic E-state index is 0.0406. The molecule has 1 aliphatic heterocycles. The van der Waals surface area contributed by atoms with Crippen LogP contribution < -0.4 is 15.0 Å². The standard InChI is InChI=1S/C20H17ClN2O4/c1-12(2)27-16-9-3-13(4-10-16)11-17-18(24)22-20(26)23(19(17)25)15-7-5-14(21)6-8-15/h3-12H,1-2H3,(H,22,24,26)/b17-11+. The van der Waals surface area contributed by atoms with E-state index in [0.717, 1.165) is 4.90 Å². The van der Waals surface area contributed by atoms with Crippen LogP contribution in [0.15, 0.2) is 54.1 Å². The van der Waals surface area contributed by atoms with E-state index in [0.29, 0.717) is 22.0 Å². The van der Waals surface area contributed by atoms with Crippen molar-refractivity contribution in [2.75, 3.05) is 4.90 Å². The van der Waals surface area contributed by atoms with Crippen molar-refractivity contribution in [3.05, 3.63) is 64.7 Å². The van der Waals surface area contributed by atoms with Gasteiger partial charge in [0.05, 0.1) is 11.8 Å². The predicted molar refractivity (Wildman–Crippen MR) is 103 cm³/mol. The Morgan fingerprint density at radius 1 is 1.00 bits per heavy atom. The number of halogens is 1. The average Bonchev–Trinajstić information content (AvgIpc) is 2.61. The lowest BCUT2D eigenvalue weighted by Gasteiger charge is -2.26. The topological polar surface area (TPSA) is 75.7 Å². The lowest BCUT2D eigenvalue weighted by Crippen LogP contribution is -2.54. The second-order valence-corrected chi connectivity index (χ2v) is 6.61. The monoisotopic (exact) mass is 384 g/mol. The van der Waals surface area contributed by atoms with Gasteiger partial charge in [-0.3, -0.25) is 14.9 Å². The SMILES string of the molecule is CC(C)Oc1ccc(/C=C2\C(=O)NC(=O)N(c3ccc(Cl)cc3)C2=O)cc1. The third kappa shape index (κ3) is 4.17. The highest BCUT2D eigenvalue weighted by Gasteiger charge is 2.36. The first kappa shape index (κ1) is 18.7. The summed E-state index contributed by atoms with van der Waals surface area (Å²) < 4.78 is 5.57. The highest BCUT2D eigenvalue weighted by atomic mass is 35.5. The maximum Gasteiger partial charge on any atom is 0.335 e. The molecule has 0 aromatic heterocycles. The number of urea groups is 1. The molecule has 1 aliphatic rings. The van der Waals surface area contributed by atoms with Gasteiger partial charge in [0.2, 0.25) is 0 Å². The lowest BCUT2D eigenvalue weighted by molar-refractivity contribution is -0.122. The summed E-state index contributed by atoms with van der Waals surface area (Å²) in [6.45, 7) is 3.84. The van der Waals surface area contributed by atoms with E-state index in [1.54, 1.807) is 36.4 Å². The van der Waals surface area contributed by atoms with Gasteiger partial charge >= 0.3 is 6.03 Å². The quantitative estimate of drug-likeness (QED) is 0.642. The summed E-state index contributed by atoms with van der Waals surface area (Å²) in [6, 6.07) is 12.3. The number of nitrogens with one attached hydrogen (secondary N) is 1. The van der Waals surface area contributed by atoms with E-state index in [9.17, 15) is 14.4 Å². The van der Waals surface area contributed by atoms with E-state index < -0.39 is 17.8 Å². The zero-order valence-corrected chi connectivity index (χ0v) is 15.5. The van der Waals surface area contributed by atoms with Crippen molar-refractivity contribution in [2.45, 2.75) is 20.0 Å². The molecule has 2 aromatic rings. The molecule has 6 nitrogen and oxygen atoms in total. The molecule has 138 valence electrons. The summed E-state index contributed by atoms with van der Waals surface area (Å²) in [5, 5.41) is 2.65. The molecule has 0 unspecified atom stereocenters. The van der Waals surface area contributed by atoms with Gasteiger partial charge in [0, 0.05) is 5.02 Å². The Morgan fingerprint density at radius 2 is 1.63 bits per heavy atom. The Morgan fingerprint density at radius 3 is 2.22 bits per heavy atom. The smallest absolute Gasteiger partial charge is 0.335 e. The van der Waals surface area contributed by atoms with Crippen molar-refractivity contribution in [1.29, 1.82) is 0 Å². The second-order valence-electron chi connectivity index (χ2n) is 6.17. The Balaban J connectivity index is 1.90. The lowest BCUT2D eigenvalue weighted by atomic mass is 10.1.